The van der Waals surface area contributed by atoms with Gasteiger partial charge in [0.2, 0.25) is 0 Å². The highest BCUT2D eigenvalue weighted by molar-refractivity contribution is 5.90. The lowest BCUT2D eigenvalue weighted by molar-refractivity contribution is -0.274. The first-order valence-corrected chi connectivity index (χ1v) is 9.20. The Kier molecular flexibility index (Phi) is 7.12. The molecular formula is C18H21F3N6O3. The standard InChI is InChI=1S/C18H21F3N6O3/c19-18(20,21)30-15-4-2-1-3-14(15)25-17(28)23-6-5-22-16-11-13(12-24-26-16)27-7-9-29-10-8-27/h1-4,11-12H,5-10H2,(H,22,26)(H2,23,25,28). The Morgan fingerprint density at radius 2 is 1.97 bits per heavy atom. The molecule has 2 amide bonds. The smallest absolute Gasteiger partial charge is 0.404 e. The van der Waals surface area contributed by atoms with Gasteiger partial charge in [-0.3, -0.25) is 0 Å². The molecule has 162 valence electrons. The van der Waals surface area contributed by atoms with Crippen molar-refractivity contribution in [3.05, 3.63) is 36.5 Å². The molecule has 0 radical (unpaired) electrons. The maximum atomic E-state index is 12.4. The van der Waals surface area contributed by atoms with E-state index >= 15 is 0 Å². The average Bonchev–Trinajstić information content (AvgIpc) is 2.72. The quantitative estimate of drug-likeness (QED) is 0.585. The Morgan fingerprint density at radius 1 is 1.20 bits per heavy atom. The van der Waals surface area contributed by atoms with Crippen LogP contribution in [0, 0.1) is 0 Å². The van der Waals surface area contributed by atoms with Crippen LogP contribution in [0.1, 0.15) is 0 Å². The summed E-state index contributed by atoms with van der Waals surface area (Å²) in [6, 6.07) is 6.48. The van der Waals surface area contributed by atoms with Crippen molar-refractivity contribution < 1.29 is 27.4 Å². The topological polar surface area (TPSA) is 101 Å². The first-order valence-electron chi connectivity index (χ1n) is 9.20. The zero-order valence-electron chi connectivity index (χ0n) is 15.9. The van der Waals surface area contributed by atoms with Crippen LogP contribution in [0.4, 0.5) is 35.2 Å². The van der Waals surface area contributed by atoms with Gasteiger partial charge in [-0.05, 0) is 12.1 Å². The van der Waals surface area contributed by atoms with Crippen LogP contribution < -0.4 is 25.6 Å². The van der Waals surface area contributed by atoms with Crippen molar-refractivity contribution in [1.82, 2.24) is 15.5 Å². The summed E-state index contributed by atoms with van der Waals surface area (Å²) >= 11 is 0. The molecule has 0 aliphatic carbocycles. The summed E-state index contributed by atoms with van der Waals surface area (Å²) in [6.45, 7) is 3.40. The van der Waals surface area contributed by atoms with Crippen LogP contribution >= 0.6 is 0 Å². The van der Waals surface area contributed by atoms with Gasteiger partial charge in [-0.1, -0.05) is 12.1 Å². The number of benzene rings is 1. The van der Waals surface area contributed by atoms with E-state index in [1.165, 1.54) is 18.2 Å². The molecule has 2 heterocycles. The molecule has 1 aliphatic rings. The van der Waals surface area contributed by atoms with E-state index in [1.54, 1.807) is 6.20 Å². The summed E-state index contributed by atoms with van der Waals surface area (Å²) in [5.74, 6) is 0.0543. The lowest BCUT2D eigenvalue weighted by Gasteiger charge is -2.28. The molecular weight excluding hydrogens is 405 g/mol. The number of urea groups is 1. The van der Waals surface area contributed by atoms with E-state index in [-0.39, 0.29) is 12.2 Å². The van der Waals surface area contributed by atoms with E-state index in [4.69, 9.17) is 4.74 Å². The van der Waals surface area contributed by atoms with Crippen molar-refractivity contribution in [3.63, 3.8) is 0 Å². The number of carbonyl (C=O) groups excluding carboxylic acids is 1. The SMILES string of the molecule is O=C(NCCNc1cc(N2CCOCC2)cnn1)Nc1ccccc1OC(F)(F)F. The molecule has 0 bridgehead atoms. The Labute approximate surface area is 170 Å². The van der Waals surface area contributed by atoms with Gasteiger partial charge in [-0.15, -0.1) is 18.3 Å². The van der Waals surface area contributed by atoms with E-state index in [1.807, 2.05) is 6.07 Å². The lowest BCUT2D eigenvalue weighted by Crippen LogP contribution is -2.36. The molecule has 1 aromatic heterocycles. The molecule has 1 saturated heterocycles. The fourth-order valence-electron chi connectivity index (χ4n) is 2.75. The van der Waals surface area contributed by atoms with Gasteiger partial charge >= 0.3 is 12.4 Å². The third kappa shape index (κ3) is 6.65. The highest BCUT2D eigenvalue weighted by Gasteiger charge is 2.32. The molecule has 0 spiro atoms. The van der Waals surface area contributed by atoms with Crippen molar-refractivity contribution in [3.8, 4) is 5.75 Å². The summed E-state index contributed by atoms with van der Waals surface area (Å²) in [5.41, 5.74) is 0.826. The number of halogens is 3. The van der Waals surface area contributed by atoms with Crippen LogP contribution in [0.25, 0.3) is 0 Å². The fraction of sp³-hybridized carbons (Fsp3) is 0.389. The van der Waals surface area contributed by atoms with Gasteiger partial charge in [-0.25, -0.2) is 4.79 Å². The van der Waals surface area contributed by atoms with E-state index in [9.17, 15) is 18.0 Å². The molecule has 1 aromatic carbocycles. The number of hydrogen-bond donors (Lipinski definition) is 3. The molecule has 2 aromatic rings. The maximum absolute atomic E-state index is 12.4. The number of anilines is 3. The minimum atomic E-state index is -4.85. The van der Waals surface area contributed by atoms with Gasteiger partial charge in [0.1, 0.15) is 0 Å². The number of aromatic nitrogens is 2. The predicted molar refractivity (Wildman–Crippen MR) is 104 cm³/mol. The van der Waals surface area contributed by atoms with Gasteiger partial charge in [-0.2, -0.15) is 5.10 Å². The number of carbonyl (C=O) groups is 1. The Balaban J connectivity index is 1.44. The number of ether oxygens (including phenoxy) is 2. The second kappa shape index (κ2) is 9.96. The number of nitrogens with zero attached hydrogens (tertiary/aromatic N) is 3. The summed E-state index contributed by atoms with van der Waals surface area (Å²) in [6.07, 6.45) is -3.18. The Hall–Kier alpha value is -3.28. The number of morpholine rings is 1. The number of alkyl halides is 3. The number of hydrogen-bond acceptors (Lipinski definition) is 7. The number of amides is 2. The Morgan fingerprint density at radius 3 is 2.73 bits per heavy atom. The van der Waals surface area contributed by atoms with Crippen LogP contribution in [0.5, 0.6) is 5.75 Å². The zero-order chi connectivity index (χ0) is 21.4. The largest absolute Gasteiger partial charge is 0.573 e. The zero-order valence-corrected chi connectivity index (χ0v) is 15.9. The average molecular weight is 426 g/mol. The van der Waals surface area contributed by atoms with Gasteiger partial charge in [0, 0.05) is 32.2 Å². The summed E-state index contributed by atoms with van der Waals surface area (Å²) in [5, 5.41) is 15.9. The number of nitrogens with one attached hydrogen (secondary N) is 3. The van der Waals surface area contributed by atoms with Gasteiger partial charge < -0.3 is 30.3 Å². The third-order valence-electron chi connectivity index (χ3n) is 4.09. The molecule has 9 nitrogen and oxygen atoms in total. The second-order valence-corrected chi connectivity index (χ2v) is 6.25. The molecule has 0 unspecified atom stereocenters. The predicted octanol–water partition coefficient (Wildman–Crippen LogP) is 2.45. The highest BCUT2D eigenvalue weighted by Crippen LogP contribution is 2.29. The van der Waals surface area contributed by atoms with Crippen LogP contribution in [-0.2, 0) is 4.74 Å². The minimum absolute atomic E-state index is 0.0932. The van der Waals surface area contributed by atoms with Crippen molar-refractivity contribution >= 4 is 23.2 Å². The first kappa shape index (κ1) is 21.4. The highest BCUT2D eigenvalue weighted by atomic mass is 19.4. The van der Waals surface area contributed by atoms with E-state index < -0.39 is 18.1 Å². The summed E-state index contributed by atoms with van der Waals surface area (Å²) in [7, 11) is 0. The summed E-state index contributed by atoms with van der Waals surface area (Å²) in [4.78, 5) is 14.1. The molecule has 1 aliphatic heterocycles. The van der Waals surface area contributed by atoms with Crippen molar-refractivity contribution in [2.24, 2.45) is 0 Å². The second-order valence-electron chi connectivity index (χ2n) is 6.25. The third-order valence-corrected chi connectivity index (χ3v) is 4.09. The molecule has 12 heteroatoms. The lowest BCUT2D eigenvalue weighted by atomic mass is 10.3. The van der Waals surface area contributed by atoms with Crippen molar-refractivity contribution in [2.75, 3.05) is 54.9 Å². The molecule has 0 atom stereocenters. The molecule has 3 N–H and O–H groups in total. The van der Waals surface area contributed by atoms with E-state index in [2.05, 4.69) is 35.8 Å². The van der Waals surface area contributed by atoms with Crippen LogP contribution in [0.2, 0.25) is 0 Å². The minimum Gasteiger partial charge on any atom is -0.404 e. The molecule has 1 fully saturated rings. The van der Waals surface area contributed by atoms with Gasteiger partial charge in [0.15, 0.2) is 11.6 Å². The van der Waals surface area contributed by atoms with E-state index in [0.29, 0.717) is 25.6 Å². The summed E-state index contributed by atoms with van der Waals surface area (Å²) < 4.78 is 46.5. The Bertz CT molecular complexity index is 846. The maximum Gasteiger partial charge on any atom is 0.573 e. The number of rotatable bonds is 7. The fourth-order valence-corrected chi connectivity index (χ4v) is 2.75. The van der Waals surface area contributed by atoms with Crippen molar-refractivity contribution in [2.45, 2.75) is 6.36 Å². The van der Waals surface area contributed by atoms with Gasteiger partial charge in [0.05, 0.1) is 30.8 Å². The first-order chi connectivity index (χ1) is 14.4. The molecule has 0 saturated carbocycles. The molecule has 30 heavy (non-hydrogen) atoms. The van der Waals surface area contributed by atoms with Crippen LogP contribution in [-0.4, -0.2) is 62.0 Å². The van der Waals surface area contributed by atoms with Crippen LogP contribution in [0.3, 0.4) is 0 Å². The van der Waals surface area contributed by atoms with Crippen molar-refractivity contribution in [1.29, 1.82) is 0 Å². The molecule has 3 rings (SSSR count). The number of para-hydroxylation sites is 2. The monoisotopic (exact) mass is 426 g/mol. The van der Waals surface area contributed by atoms with E-state index in [0.717, 1.165) is 24.8 Å². The van der Waals surface area contributed by atoms with Crippen LogP contribution in [0.15, 0.2) is 36.5 Å². The van der Waals surface area contributed by atoms with Gasteiger partial charge in [0.25, 0.3) is 0 Å². The normalized spacial score (nSPS) is 14.2.